The molecule has 1 aliphatic rings. The number of pyridine rings is 1. The van der Waals surface area contributed by atoms with Crippen molar-refractivity contribution in [1.29, 1.82) is 0 Å². The molecule has 8 heteroatoms. The first-order valence-electron chi connectivity index (χ1n) is 9.43. The molecule has 3 rings (SSSR count). The molecule has 1 saturated heterocycles. The zero-order valence-electron chi connectivity index (χ0n) is 16.7. The molecule has 0 spiro atoms. The topological polar surface area (TPSA) is 65.5 Å². The lowest BCUT2D eigenvalue weighted by Gasteiger charge is -2.19. The van der Waals surface area contributed by atoms with Crippen LogP contribution in [0.3, 0.4) is 0 Å². The highest BCUT2D eigenvalue weighted by Gasteiger charge is 2.24. The van der Waals surface area contributed by atoms with Gasteiger partial charge in [0.05, 0.1) is 11.3 Å². The number of benzene rings is 1. The SMILES string of the molecule is Cc1nc(C(=O)N(C)C)ccc1C(=O)NCC1CCN(c2ccc(F)c(F)c2)C1. The van der Waals surface area contributed by atoms with Gasteiger partial charge in [-0.2, -0.15) is 0 Å². The van der Waals surface area contributed by atoms with E-state index in [0.29, 0.717) is 42.3 Å². The van der Waals surface area contributed by atoms with Crippen LogP contribution in [0.15, 0.2) is 30.3 Å². The summed E-state index contributed by atoms with van der Waals surface area (Å²) in [6.45, 7) is 3.53. The van der Waals surface area contributed by atoms with Crippen molar-refractivity contribution in [2.24, 2.45) is 5.92 Å². The molecule has 0 bridgehead atoms. The number of amides is 2. The molecular formula is C21H24F2N4O2. The number of nitrogens with one attached hydrogen (secondary N) is 1. The van der Waals surface area contributed by atoms with E-state index in [1.54, 1.807) is 39.2 Å². The number of rotatable bonds is 5. The lowest BCUT2D eigenvalue weighted by Crippen LogP contribution is -2.32. The third-order valence-electron chi connectivity index (χ3n) is 5.06. The van der Waals surface area contributed by atoms with Gasteiger partial charge < -0.3 is 15.1 Å². The summed E-state index contributed by atoms with van der Waals surface area (Å²) in [5.41, 5.74) is 1.85. The molecule has 1 atom stereocenters. The number of halogens is 2. The van der Waals surface area contributed by atoms with Gasteiger partial charge in [0.1, 0.15) is 5.69 Å². The van der Waals surface area contributed by atoms with E-state index in [4.69, 9.17) is 0 Å². The molecule has 1 aliphatic heterocycles. The number of carbonyl (C=O) groups is 2. The van der Waals surface area contributed by atoms with E-state index in [1.165, 1.54) is 11.0 Å². The minimum atomic E-state index is -0.863. The largest absolute Gasteiger partial charge is 0.371 e. The fraction of sp³-hybridized carbons (Fsp3) is 0.381. The van der Waals surface area contributed by atoms with Crippen LogP contribution >= 0.6 is 0 Å². The Hall–Kier alpha value is -3.03. The summed E-state index contributed by atoms with van der Waals surface area (Å²) >= 11 is 0. The van der Waals surface area contributed by atoms with Crippen LogP contribution in [0.25, 0.3) is 0 Å². The van der Waals surface area contributed by atoms with Gasteiger partial charge in [0.2, 0.25) is 0 Å². The van der Waals surface area contributed by atoms with E-state index in [1.807, 2.05) is 4.90 Å². The summed E-state index contributed by atoms with van der Waals surface area (Å²) in [6.07, 6.45) is 0.840. The van der Waals surface area contributed by atoms with Gasteiger partial charge in [-0.15, -0.1) is 0 Å². The van der Waals surface area contributed by atoms with Gasteiger partial charge in [0.25, 0.3) is 11.8 Å². The molecule has 1 fully saturated rings. The summed E-state index contributed by atoms with van der Waals surface area (Å²) in [7, 11) is 3.29. The number of carbonyl (C=O) groups excluding carboxylic acids is 2. The molecule has 0 saturated carbocycles. The van der Waals surface area contributed by atoms with Crippen LogP contribution in [0.5, 0.6) is 0 Å². The summed E-state index contributed by atoms with van der Waals surface area (Å²) in [6, 6.07) is 7.04. The second kappa shape index (κ2) is 8.55. The zero-order chi connectivity index (χ0) is 21.1. The summed E-state index contributed by atoms with van der Waals surface area (Å²) in [4.78, 5) is 32.1. The van der Waals surface area contributed by atoms with Crippen molar-refractivity contribution >= 4 is 17.5 Å². The normalized spacial score (nSPS) is 16.0. The number of hydrogen-bond acceptors (Lipinski definition) is 4. The highest BCUT2D eigenvalue weighted by atomic mass is 19.2. The first kappa shape index (κ1) is 20.7. The standard InChI is InChI=1S/C21H24F2N4O2/c1-13-16(5-7-19(25-13)21(29)26(2)3)20(28)24-11-14-8-9-27(12-14)15-4-6-17(22)18(23)10-15/h4-7,10,14H,8-9,11-12H2,1-3H3,(H,24,28). The Labute approximate surface area is 168 Å². The monoisotopic (exact) mass is 402 g/mol. The van der Waals surface area contributed by atoms with Gasteiger partial charge >= 0.3 is 0 Å². The average Bonchev–Trinajstić information content (AvgIpc) is 3.16. The maximum absolute atomic E-state index is 13.4. The Kier molecular flexibility index (Phi) is 6.10. The van der Waals surface area contributed by atoms with Crippen molar-refractivity contribution in [2.45, 2.75) is 13.3 Å². The van der Waals surface area contributed by atoms with E-state index in [9.17, 15) is 18.4 Å². The van der Waals surface area contributed by atoms with Crippen molar-refractivity contribution in [1.82, 2.24) is 15.2 Å². The molecule has 0 radical (unpaired) electrons. The number of nitrogens with zero attached hydrogens (tertiary/aromatic N) is 3. The van der Waals surface area contributed by atoms with Crippen LogP contribution in [-0.2, 0) is 0 Å². The van der Waals surface area contributed by atoms with E-state index in [0.717, 1.165) is 12.5 Å². The minimum Gasteiger partial charge on any atom is -0.371 e. The Balaban J connectivity index is 1.57. The average molecular weight is 402 g/mol. The van der Waals surface area contributed by atoms with Gasteiger partial charge in [-0.1, -0.05) is 0 Å². The zero-order valence-corrected chi connectivity index (χ0v) is 16.7. The van der Waals surface area contributed by atoms with Gasteiger partial charge in [-0.3, -0.25) is 9.59 Å². The van der Waals surface area contributed by atoms with Crippen LogP contribution in [0.2, 0.25) is 0 Å². The van der Waals surface area contributed by atoms with Crippen LogP contribution in [-0.4, -0.2) is 55.4 Å². The molecule has 1 unspecified atom stereocenters. The second-order valence-corrected chi connectivity index (χ2v) is 7.44. The van der Waals surface area contributed by atoms with E-state index < -0.39 is 11.6 Å². The van der Waals surface area contributed by atoms with Crippen LogP contribution in [0, 0.1) is 24.5 Å². The highest BCUT2D eigenvalue weighted by molar-refractivity contribution is 5.97. The van der Waals surface area contributed by atoms with Gasteiger partial charge in [-0.05, 0) is 43.5 Å². The second-order valence-electron chi connectivity index (χ2n) is 7.44. The molecule has 6 nitrogen and oxygen atoms in total. The molecule has 154 valence electrons. The molecule has 2 heterocycles. The third kappa shape index (κ3) is 4.70. The lowest BCUT2D eigenvalue weighted by atomic mass is 10.1. The molecule has 1 aromatic carbocycles. The highest BCUT2D eigenvalue weighted by Crippen LogP contribution is 2.25. The van der Waals surface area contributed by atoms with Crippen molar-refractivity contribution < 1.29 is 18.4 Å². The van der Waals surface area contributed by atoms with E-state index >= 15 is 0 Å². The van der Waals surface area contributed by atoms with Crippen LogP contribution in [0.1, 0.15) is 33.0 Å². The van der Waals surface area contributed by atoms with Crippen molar-refractivity contribution in [3.05, 3.63) is 58.9 Å². The number of hydrogen-bond donors (Lipinski definition) is 1. The molecule has 1 N–H and O–H groups in total. The Morgan fingerprint density at radius 1 is 1.21 bits per heavy atom. The van der Waals surface area contributed by atoms with Gasteiger partial charge in [-0.25, -0.2) is 13.8 Å². The van der Waals surface area contributed by atoms with Crippen molar-refractivity contribution in [3.63, 3.8) is 0 Å². The molecule has 0 aliphatic carbocycles. The first-order chi connectivity index (χ1) is 13.8. The molecule has 29 heavy (non-hydrogen) atoms. The van der Waals surface area contributed by atoms with Crippen molar-refractivity contribution in [2.75, 3.05) is 38.6 Å². The van der Waals surface area contributed by atoms with Crippen molar-refractivity contribution in [3.8, 4) is 0 Å². The molecular weight excluding hydrogens is 378 g/mol. The van der Waals surface area contributed by atoms with Crippen LogP contribution < -0.4 is 10.2 Å². The third-order valence-corrected chi connectivity index (χ3v) is 5.06. The predicted octanol–water partition coefficient (Wildman–Crippen LogP) is 2.63. The van der Waals surface area contributed by atoms with E-state index in [-0.39, 0.29) is 17.7 Å². The molecule has 2 aromatic rings. The summed E-state index contributed by atoms with van der Waals surface area (Å²) < 4.78 is 26.6. The molecule has 2 amide bonds. The predicted molar refractivity (Wildman–Crippen MR) is 106 cm³/mol. The van der Waals surface area contributed by atoms with Gasteiger partial charge in [0.15, 0.2) is 11.6 Å². The van der Waals surface area contributed by atoms with Crippen LogP contribution in [0.4, 0.5) is 14.5 Å². The summed E-state index contributed by atoms with van der Waals surface area (Å²) in [5.74, 6) is -1.99. The Morgan fingerprint density at radius 3 is 2.62 bits per heavy atom. The maximum Gasteiger partial charge on any atom is 0.271 e. The number of anilines is 1. The van der Waals surface area contributed by atoms with Gasteiger partial charge in [0, 0.05) is 45.5 Å². The Bertz CT molecular complexity index is 933. The summed E-state index contributed by atoms with van der Waals surface area (Å²) in [5, 5.41) is 2.91. The quantitative estimate of drug-likeness (QED) is 0.835. The molecule has 1 aromatic heterocycles. The number of aryl methyl sites for hydroxylation is 1. The fourth-order valence-corrected chi connectivity index (χ4v) is 3.40. The lowest BCUT2D eigenvalue weighted by molar-refractivity contribution is 0.0820. The first-order valence-corrected chi connectivity index (χ1v) is 9.43. The minimum absolute atomic E-state index is 0.204. The van der Waals surface area contributed by atoms with E-state index in [2.05, 4.69) is 10.3 Å². The number of aromatic nitrogens is 1. The Morgan fingerprint density at radius 2 is 1.97 bits per heavy atom. The maximum atomic E-state index is 13.4. The smallest absolute Gasteiger partial charge is 0.271 e. The fourth-order valence-electron chi connectivity index (χ4n) is 3.40.